The number of furan rings is 1. The van der Waals surface area contributed by atoms with Gasteiger partial charge < -0.3 is 28.4 Å². The lowest BCUT2D eigenvalue weighted by Crippen LogP contribution is -2.46. The van der Waals surface area contributed by atoms with Gasteiger partial charge in [-0.25, -0.2) is 0 Å². The second kappa shape index (κ2) is 11.7. The first-order chi connectivity index (χ1) is 15.9. The molecule has 1 fully saturated rings. The zero-order valence-corrected chi connectivity index (χ0v) is 19.9. The van der Waals surface area contributed by atoms with Gasteiger partial charge in [0.15, 0.2) is 0 Å². The molecule has 8 nitrogen and oxygen atoms in total. The standard InChI is InChI=1S/C25H34N2O6/c1-18(2)14-27(25(29)19-11-22(30-3)13-23(12-19)31-4)17-24(28)26(15-20-7-5-9-32-20)16-21-8-6-10-33-21/h5,7,9,11-13,18,21H,6,8,10,14-17H2,1-4H3. The Kier molecular flexibility index (Phi) is 8.77. The summed E-state index contributed by atoms with van der Waals surface area (Å²) in [7, 11) is 3.08. The zero-order valence-electron chi connectivity index (χ0n) is 19.9. The average molecular weight is 459 g/mol. The van der Waals surface area contributed by atoms with Gasteiger partial charge >= 0.3 is 0 Å². The van der Waals surface area contributed by atoms with Gasteiger partial charge in [-0.15, -0.1) is 0 Å². The minimum absolute atomic E-state index is 0.000748. The van der Waals surface area contributed by atoms with Gasteiger partial charge in [0.2, 0.25) is 5.91 Å². The Morgan fingerprint density at radius 1 is 1.12 bits per heavy atom. The van der Waals surface area contributed by atoms with Crippen LogP contribution in [0.15, 0.2) is 41.0 Å². The van der Waals surface area contributed by atoms with Gasteiger partial charge in [-0.2, -0.15) is 0 Å². The Morgan fingerprint density at radius 2 is 1.85 bits per heavy atom. The van der Waals surface area contributed by atoms with Crippen LogP contribution in [0.25, 0.3) is 0 Å². The number of hydrogen-bond acceptors (Lipinski definition) is 6. The van der Waals surface area contributed by atoms with Gasteiger partial charge in [0.1, 0.15) is 23.8 Å². The molecular weight excluding hydrogens is 424 g/mol. The van der Waals surface area contributed by atoms with Crippen LogP contribution >= 0.6 is 0 Å². The molecule has 2 amide bonds. The van der Waals surface area contributed by atoms with Crippen molar-refractivity contribution < 1.29 is 28.2 Å². The Balaban J connectivity index is 1.80. The van der Waals surface area contributed by atoms with Crippen LogP contribution in [0.4, 0.5) is 0 Å². The summed E-state index contributed by atoms with van der Waals surface area (Å²) in [5, 5.41) is 0. The fraction of sp³-hybridized carbons (Fsp3) is 0.520. The highest BCUT2D eigenvalue weighted by Gasteiger charge is 2.27. The van der Waals surface area contributed by atoms with Gasteiger partial charge in [0, 0.05) is 31.3 Å². The van der Waals surface area contributed by atoms with E-state index in [-0.39, 0.29) is 30.4 Å². The van der Waals surface area contributed by atoms with Crippen LogP contribution in [0.1, 0.15) is 42.8 Å². The second-order valence-corrected chi connectivity index (χ2v) is 8.67. The molecule has 0 aliphatic carbocycles. The molecule has 1 unspecified atom stereocenters. The van der Waals surface area contributed by atoms with Gasteiger partial charge in [-0.05, 0) is 43.0 Å². The van der Waals surface area contributed by atoms with Crippen LogP contribution < -0.4 is 9.47 Å². The summed E-state index contributed by atoms with van der Waals surface area (Å²) in [4.78, 5) is 30.2. The third-order valence-electron chi connectivity index (χ3n) is 5.52. The predicted molar refractivity (Wildman–Crippen MR) is 123 cm³/mol. The quantitative estimate of drug-likeness (QED) is 0.512. The van der Waals surface area contributed by atoms with Crippen molar-refractivity contribution in [2.24, 2.45) is 5.92 Å². The molecule has 1 atom stereocenters. The Bertz CT molecular complexity index is 883. The number of methoxy groups -OCH3 is 2. The smallest absolute Gasteiger partial charge is 0.254 e. The topological polar surface area (TPSA) is 81.5 Å². The summed E-state index contributed by atoms with van der Waals surface area (Å²) in [5.74, 6) is 1.53. The van der Waals surface area contributed by atoms with Crippen molar-refractivity contribution >= 4 is 11.8 Å². The number of nitrogens with zero attached hydrogens (tertiary/aromatic N) is 2. The van der Waals surface area contributed by atoms with Crippen LogP contribution in [0.2, 0.25) is 0 Å². The minimum atomic E-state index is -0.246. The first-order valence-electron chi connectivity index (χ1n) is 11.3. The lowest BCUT2D eigenvalue weighted by molar-refractivity contribution is -0.134. The maximum Gasteiger partial charge on any atom is 0.254 e. The van der Waals surface area contributed by atoms with Crippen LogP contribution in [0, 0.1) is 5.92 Å². The van der Waals surface area contributed by atoms with Gasteiger partial charge in [-0.3, -0.25) is 9.59 Å². The molecule has 1 aromatic heterocycles. The summed E-state index contributed by atoms with van der Waals surface area (Å²) in [6, 6.07) is 8.68. The molecule has 1 aliphatic heterocycles. The van der Waals surface area contributed by atoms with E-state index in [2.05, 4.69) is 0 Å². The van der Waals surface area contributed by atoms with E-state index < -0.39 is 0 Å². The first-order valence-corrected chi connectivity index (χ1v) is 11.3. The normalized spacial score (nSPS) is 15.5. The Hall–Kier alpha value is -3.00. The Morgan fingerprint density at radius 3 is 2.39 bits per heavy atom. The number of amides is 2. The second-order valence-electron chi connectivity index (χ2n) is 8.67. The molecule has 1 aromatic carbocycles. The van der Waals surface area contributed by atoms with Crippen molar-refractivity contribution in [3.05, 3.63) is 47.9 Å². The number of carbonyl (C=O) groups excluding carboxylic acids is 2. The molecule has 0 bridgehead atoms. The van der Waals surface area contributed by atoms with E-state index in [0.29, 0.717) is 49.1 Å². The number of benzene rings is 1. The van der Waals surface area contributed by atoms with Crippen LogP contribution in [-0.2, 0) is 16.1 Å². The molecule has 8 heteroatoms. The third-order valence-corrected chi connectivity index (χ3v) is 5.52. The number of carbonyl (C=O) groups is 2. The van der Waals surface area contributed by atoms with Crippen LogP contribution in [-0.4, -0.2) is 68.2 Å². The van der Waals surface area contributed by atoms with Crippen molar-refractivity contribution in [1.29, 1.82) is 0 Å². The number of ether oxygens (including phenoxy) is 3. The van der Waals surface area contributed by atoms with E-state index in [1.165, 1.54) is 14.2 Å². The highest BCUT2D eigenvalue weighted by molar-refractivity contribution is 5.97. The molecule has 0 saturated carbocycles. The predicted octanol–water partition coefficient (Wildman–Crippen LogP) is 3.60. The molecule has 33 heavy (non-hydrogen) atoms. The zero-order chi connectivity index (χ0) is 23.8. The van der Waals surface area contributed by atoms with Gasteiger partial charge in [0.05, 0.1) is 33.1 Å². The van der Waals surface area contributed by atoms with E-state index in [1.54, 1.807) is 40.3 Å². The summed E-state index contributed by atoms with van der Waals surface area (Å²) in [6.45, 7) is 5.96. The molecule has 180 valence electrons. The monoisotopic (exact) mass is 458 g/mol. The van der Waals surface area contributed by atoms with Gasteiger partial charge in [0.25, 0.3) is 5.91 Å². The molecule has 1 saturated heterocycles. The summed E-state index contributed by atoms with van der Waals surface area (Å²) in [6.07, 6.45) is 3.50. The first kappa shape index (κ1) is 24.6. The maximum atomic E-state index is 13.4. The van der Waals surface area contributed by atoms with Crippen molar-refractivity contribution in [3.8, 4) is 11.5 Å². The molecule has 2 heterocycles. The fourth-order valence-electron chi connectivity index (χ4n) is 3.92. The molecule has 2 aromatic rings. The van der Waals surface area contributed by atoms with E-state index in [1.807, 2.05) is 19.9 Å². The van der Waals surface area contributed by atoms with Gasteiger partial charge in [-0.1, -0.05) is 13.8 Å². The summed E-state index contributed by atoms with van der Waals surface area (Å²) >= 11 is 0. The van der Waals surface area contributed by atoms with Crippen molar-refractivity contribution in [1.82, 2.24) is 9.80 Å². The summed E-state index contributed by atoms with van der Waals surface area (Å²) in [5.41, 5.74) is 0.413. The minimum Gasteiger partial charge on any atom is -0.497 e. The molecule has 3 rings (SSSR count). The largest absolute Gasteiger partial charge is 0.497 e. The molecule has 1 aliphatic rings. The average Bonchev–Trinajstić information content (AvgIpc) is 3.51. The summed E-state index contributed by atoms with van der Waals surface area (Å²) < 4.78 is 21.9. The van der Waals surface area contributed by atoms with E-state index in [4.69, 9.17) is 18.6 Å². The lowest BCUT2D eigenvalue weighted by atomic mass is 10.1. The van der Waals surface area contributed by atoms with E-state index >= 15 is 0 Å². The van der Waals surface area contributed by atoms with Crippen molar-refractivity contribution in [3.63, 3.8) is 0 Å². The van der Waals surface area contributed by atoms with Crippen molar-refractivity contribution in [2.75, 3.05) is 40.5 Å². The number of rotatable bonds is 11. The van der Waals surface area contributed by atoms with E-state index in [9.17, 15) is 9.59 Å². The van der Waals surface area contributed by atoms with E-state index in [0.717, 1.165) is 12.8 Å². The molecular formula is C25H34N2O6. The van der Waals surface area contributed by atoms with Crippen molar-refractivity contribution in [2.45, 2.75) is 39.3 Å². The van der Waals surface area contributed by atoms with Crippen LogP contribution in [0.5, 0.6) is 11.5 Å². The molecule has 0 spiro atoms. The maximum absolute atomic E-state index is 13.4. The molecule has 0 radical (unpaired) electrons. The Labute approximate surface area is 195 Å². The lowest BCUT2D eigenvalue weighted by Gasteiger charge is -2.29. The SMILES string of the molecule is COc1cc(OC)cc(C(=O)N(CC(=O)N(Cc2ccco2)CC2CCCO2)CC(C)C)c1. The van der Waals surface area contributed by atoms with Crippen LogP contribution in [0.3, 0.4) is 0 Å². The number of hydrogen-bond donors (Lipinski definition) is 0. The molecule has 0 N–H and O–H groups in total. The highest BCUT2D eigenvalue weighted by Crippen LogP contribution is 2.24. The highest BCUT2D eigenvalue weighted by atomic mass is 16.5. The fourth-order valence-corrected chi connectivity index (χ4v) is 3.92. The third kappa shape index (κ3) is 6.99.